The van der Waals surface area contributed by atoms with Crippen LogP contribution in [0.2, 0.25) is 5.02 Å². The maximum atomic E-state index is 11.5. The summed E-state index contributed by atoms with van der Waals surface area (Å²) in [5.74, 6) is -0.506. The lowest BCUT2D eigenvalue weighted by molar-refractivity contribution is 0.100. The summed E-state index contributed by atoms with van der Waals surface area (Å²) >= 11 is 6.35. The number of rotatable bonds is 5. The second kappa shape index (κ2) is 7.81. The first kappa shape index (κ1) is 18.9. The Labute approximate surface area is 160 Å². The monoisotopic (exact) mass is 370 g/mol. The number of hydrogen-bond acceptors (Lipinski definition) is 2. The normalized spacial score (nSPS) is 17.2. The van der Waals surface area contributed by atoms with Crippen molar-refractivity contribution in [2.75, 3.05) is 0 Å². The van der Waals surface area contributed by atoms with Crippen molar-refractivity contribution < 1.29 is 4.79 Å². The third-order valence-electron chi connectivity index (χ3n) is 5.46. The molecule has 0 radical (unpaired) electrons. The molecule has 0 bridgehead atoms. The van der Waals surface area contributed by atoms with Crippen LogP contribution < -0.4 is 11.1 Å². The van der Waals surface area contributed by atoms with Crippen molar-refractivity contribution in [3.63, 3.8) is 0 Å². The molecular weight excluding hydrogens is 344 g/mol. The first-order valence-corrected chi connectivity index (χ1v) is 9.64. The van der Waals surface area contributed by atoms with Gasteiger partial charge in [-0.15, -0.1) is 0 Å². The lowest BCUT2D eigenvalue weighted by Crippen LogP contribution is -2.35. The van der Waals surface area contributed by atoms with E-state index in [1.165, 1.54) is 31.2 Å². The van der Waals surface area contributed by atoms with Gasteiger partial charge in [-0.25, -0.2) is 0 Å². The molecule has 0 aliphatic heterocycles. The molecule has 138 valence electrons. The molecule has 2 aromatic rings. The summed E-state index contributed by atoms with van der Waals surface area (Å²) in [6, 6.07) is 14.3. The minimum absolute atomic E-state index is 0.357. The van der Waals surface area contributed by atoms with Gasteiger partial charge in [-0.05, 0) is 48.3 Å². The fourth-order valence-electron chi connectivity index (χ4n) is 3.61. The lowest BCUT2D eigenvalue weighted by atomic mass is 9.75. The Morgan fingerprint density at radius 1 is 1.15 bits per heavy atom. The van der Waals surface area contributed by atoms with E-state index in [-0.39, 0.29) is 0 Å². The SMILES string of the molecule is CC1(C)CCC(NCc2ccc(-c3cccc(C(N)=O)c3Cl)cc2)CC1. The molecule has 1 aliphatic rings. The van der Waals surface area contributed by atoms with Gasteiger partial charge < -0.3 is 11.1 Å². The van der Waals surface area contributed by atoms with E-state index in [4.69, 9.17) is 17.3 Å². The highest BCUT2D eigenvalue weighted by atomic mass is 35.5. The van der Waals surface area contributed by atoms with Gasteiger partial charge in [0.15, 0.2) is 0 Å². The Hall–Kier alpha value is -1.84. The van der Waals surface area contributed by atoms with E-state index in [1.807, 2.05) is 18.2 Å². The van der Waals surface area contributed by atoms with E-state index < -0.39 is 5.91 Å². The molecule has 1 aliphatic carbocycles. The molecule has 26 heavy (non-hydrogen) atoms. The van der Waals surface area contributed by atoms with Crippen molar-refractivity contribution >= 4 is 17.5 Å². The van der Waals surface area contributed by atoms with Crippen molar-refractivity contribution in [2.24, 2.45) is 11.1 Å². The van der Waals surface area contributed by atoms with E-state index in [9.17, 15) is 4.79 Å². The average molecular weight is 371 g/mol. The molecule has 0 atom stereocenters. The number of halogens is 1. The summed E-state index contributed by atoms with van der Waals surface area (Å²) in [6.07, 6.45) is 5.08. The average Bonchev–Trinajstić information content (AvgIpc) is 2.61. The second-order valence-electron chi connectivity index (χ2n) is 8.05. The zero-order chi connectivity index (χ0) is 18.7. The Bertz CT molecular complexity index is 773. The minimum Gasteiger partial charge on any atom is -0.366 e. The van der Waals surface area contributed by atoms with E-state index in [2.05, 4.69) is 31.3 Å². The summed E-state index contributed by atoms with van der Waals surface area (Å²) in [6.45, 7) is 5.60. The molecule has 2 aromatic carbocycles. The fourth-order valence-corrected chi connectivity index (χ4v) is 3.94. The fraction of sp³-hybridized carbons (Fsp3) is 0.409. The van der Waals surface area contributed by atoms with Crippen molar-refractivity contribution in [2.45, 2.75) is 52.1 Å². The lowest BCUT2D eigenvalue weighted by Gasteiger charge is -2.34. The van der Waals surface area contributed by atoms with E-state index in [0.29, 0.717) is 22.0 Å². The van der Waals surface area contributed by atoms with Crippen LogP contribution in [0.15, 0.2) is 42.5 Å². The Morgan fingerprint density at radius 2 is 1.81 bits per heavy atom. The van der Waals surface area contributed by atoms with Crippen LogP contribution in [0.4, 0.5) is 0 Å². The summed E-state index contributed by atoms with van der Waals surface area (Å²) in [5, 5.41) is 4.10. The van der Waals surface area contributed by atoms with Gasteiger partial charge >= 0.3 is 0 Å². The number of carbonyl (C=O) groups excluding carboxylic acids is 1. The van der Waals surface area contributed by atoms with Crippen molar-refractivity contribution in [1.29, 1.82) is 0 Å². The maximum absolute atomic E-state index is 11.5. The number of hydrogen-bond donors (Lipinski definition) is 2. The van der Waals surface area contributed by atoms with Crippen LogP contribution in [0.3, 0.4) is 0 Å². The smallest absolute Gasteiger partial charge is 0.250 e. The number of nitrogens with two attached hydrogens (primary N) is 1. The van der Waals surface area contributed by atoms with Gasteiger partial charge in [0.25, 0.3) is 0 Å². The molecule has 3 N–H and O–H groups in total. The summed E-state index contributed by atoms with van der Waals surface area (Å²) in [5.41, 5.74) is 9.30. The van der Waals surface area contributed by atoms with E-state index in [0.717, 1.165) is 17.7 Å². The summed E-state index contributed by atoms with van der Waals surface area (Å²) < 4.78 is 0. The van der Waals surface area contributed by atoms with Gasteiger partial charge in [0, 0.05) is 18.2 Å². The largest absolute Gasteiger partial charge is 0.366 e. The number of amides is 1. The number of nitrogens with one attached hydrogen (secondary N) is 1. The van der Waals surface area contributed by atoms with Gasteiger partial charge in [0.05, 0.1) is 10.6 Å². The van der Waals surface area contributed by atoms with Crippen molar-refractivity contribution in [3.05, 3.63) is 58.6 Å². The van der Waals surface area contributed by atoms with Crippen LogP contribution in [0.5, 0.6) is 0 Å². The minimum atomic E-state index is -0.506. The highest BCUT2D eigenvalue weighted by Crippen LogP contribution is 2.35. The first-order valence-electron chi connectivity index (χ1n) is 9.27. The molecule has 0 spiro atoms. The van der Waals surface area contributed by atoms with Crippen LogP contribution in [-0.4, -0.2) is 11.9 Å². The number of carbonyl (C=O) groups is 1. The van der Waals surface area contributed by atoms with Crippen LogP contribution in [-0.2, 0) is 6.54 Å². The molecule has 0 aromatic heterocycles. The zero-order valence-electron chi connectivity index (χ0n) is 15.5. The molecular formula is C22H27ClN2O. The molecule has 0 heterocycles. The Kier molecular flexibility index (Phi) is 5.69. The zero-order valence-corrected chi connectivity index (χ0v) is 16.3. The summed E-state index contributed by atoms with van der Waals surface area (Å²) in [4.78, 5) is 11.5. The van der Waals surface area contributed by atoms with E-state index in [1.54, 1.807) is 12.1 Å². The Morgan fingerprint density at radius 3 is 2.42 bits per heavy atom. The third-order valence-corrected chi connectivity index (χ3v) is 5.87. The predicted molar refractivity (Wildman–Crippen MR) is 108 cm³/mol. The van der Waals surface area contributed by atoms with Crippen LogP contribution >= 0.6 is 11.6 Å². The predicted octanol–water partition coefficient (Wildman–Crippen LogP) is 5.16. The maximum Gasteiger partial charge on any atom is 0.250 e. The van der Waals surface area contributed by atoms with E-state index >= 15 is 0 Å². The molecule has 3 nitrogen and oxygen atoms in total. The highest BCUT2D eigenvalue weighted by molar-refractivity contribution is 6.36. The van der Waals surface area contributed by atoms with Crippen molar-refractivity contribution in [1.82, 2.24) is 5.32 Å². The highest BCUT2D eigenvalue weighted by Gasteiger charge is 2.26. The van der Waals surface area contributed by atoms with Gasteiger partial charge in [0.1, 0.15) is 0 Å². The molecule has 1 fully saturated rings. The second-order valence-corrected chi connectivity index (χ2v) is 8.43. The van der Waals surface area contributed by atoms with Crippen LogP contribution in [0, 0.1) is 5.41 Å². The number of primary amides is 1. The molecule has 4 heteroatoms. The van der Waals surface area contributed by atoms with Gasteiger partial charge in [0.2, 0.25) is 5.91 Å². The third kappa shape index (κ3) is 4.46. The topological polar surface area (TPSA) is 55.1 Å². The number of benzene rings is 2. The molecule has 0 unspecified atom stereocenters. The Balaban J connectivity index is 1.64. The van der Waals surface area contributed by atoms with Crippen LogP contribution in [0.1, 0.15) is 55.5 Å². The molecule has 0 saturated heterocycles. The van der Waals surface area contributed by atoms with Crippen LogP contribution in [0.25, 0.3) is 11.1 Å². The molecule has 3 rings (SSSR count). The van der Waals surface area contributed by atoms with Gasteiger partial charge in [-0.3, -0.25) is 4.79 Å². The standard InChI is InChI=1S/C22H27ClN2O/c1-22(2)12-10-17(11-13-22)25-14-15-6-8-16(9-7-15)18-4-3-5-19(20(18)23)21(24)26/h3-9,17,25H,10-14H2,1-2H3,(H2,24,26). The van der Waals surface area contributed by atoms with Crippen molar-refractivity contribution in [3.8, 4) is 11.1 Å². The summed E-state index contributed by atoms with van der Waals surface area (Å²) in [7, 11) is 0. The van der Waals surface area contributed by atoms with Gasteiger partial charge in [-0.2, -0.15) is 0 Å². The molecule has 1 saturated carbocycles. The molecule has 1 amide bonds. The van der Waals surface area contributed by atoms with Gasteiger partial charge in [-0.1, -0.05) is 61.8 Å². The quantitative estimate of drug-likeness (QED) is 0.763. The first-order chi connectivity index (χ1) is 12.4.